The minimum atomic E-state index is 0.0654. The Balaban J connectivity index is 1.82. The van der Waals surface area contributed by atoms with Gasteiger partial charge in [0.25, 0.3) is 0 Å². The highest BCUT2D eigenvalue weighted by molar-refractivity contribution is 5.81. The van der Waals surface area contributed by atoms with Crippen LogP contribution in [0.5, 0.6) is 0 Å². The van der Waals surface area contributed by atoms with Crippen molar-refractivity contribution >= 4 is 5.91 Å². The predicted molar refractivity (Wildman–Crippen MR) is 74.4 cm³/mol. The first kappa shape index (κ1) is 13.9. The average molecular weight is 252 g/mol. The molecule has 3 atom stereocenters. The molecule has 18 heavy (non-hydrogen) atoms. The molecule has 1 saturated heterocycles. The van der Waals surface area contributed by atoms with Crippen molar-refractivity contribution < 1.29 is 4.79 Å². The van der Waals surface area contributed by atoms with Crippen LogP contribution in [0, 0.1) is 5.92 Å². The van der Waals surface area contributed by atoms with Gasteiger partial charge in [-0.1, -0.05) is 26.2 Å². The zero-order valence-corrected chi connectivity index (χ0v) is 11.7. The lowest BCUT2D eigenvalue weighted by Gasteiger charge is -2.23. The van der Waals surface area contributed by atoms with Crippen molar-refractivity contribution in [3.05, 3.63) is 0 Å². The van der Waals surface area contributed by atoms with E-state index >= 15 is 0 Å². The smallest absolute Gasteiger partial charge is 0.237 e. The molecule has 104 valence electrons. The first-order chi connectivity index (χ1) is 8.79. The van der Waals surface area contributed by atoms with Crippen LogP contribution in [0.3, 0.4) is 0 Å². The summed E-state index contributed by atoms with van der Waals surface area (Å²) < 4.78 is 0. The highest BCUT2D eigenvalue weighted by Crippen LogP contribution is 2.26. The monoisotopic (exact) mass is 252 g/mol. The van der Waals surface area contributed by atoms with Crippen LogP contribution >= 0.6 is 0 Å². The Morgan fingerprint density at radius 3 is 2.83 bits per heavy atom. The lowest BCUT2D eigenvalue weighted by atomic mass is 9.97. The third-order valence-electron chi connectivity index (χ3n) is 4.64. The fourth-order valence-electron chi connectivity index (χ4n) is 3.34. The molecule has 0 aromatic rings. The van der Waals surface area contributed by atoms with Crippen molar-refractivity contribution in [3.63, 3.8) is 0 Å². The third-order valence-corrected chi connectivity index (χ3v) is 4.64. The fraction of sp³-hybridized carbons (Fsp3) is 0.933. The van der Waals surface area contributed by atoms with Crippen LogP contribution in [0.1, 0.15) is 64.7 Å². The number of nitrogens with one attached hydrogen (secondary N) is 2. The van der Waals surface area contributed by atoms with Crippen LogP contribution in [0.2, 0.25) is 0 Å². The van der Waals surface area contributed by atoms with Gasteiger partial charge in [0.1, 0.15) is 0 Å². The molecule has 3 heteroatoms. The maximum absolute atomic E-state index is 11.9. The summed E-state index contributed by atoms with van der Waals surface area (Å²) in [4.78, 5) is 11.9. The molecular weight excluding hydrogens is 224 g/mol. The van der Waals surface area contributed by atoms with E-state index in [1.165, 1.54) is 44.9 Å². The Kier molecular flexibility index (Phi) is 5.48. The molecule has 1 aliphatic heterocycles. The van der Waals surface area contributed by atoms with Crippen LogP contribution in [0.25, 0.3) is 0 Å². The minimum Gasteiger partial charge on any atom is -0.355 e. The second kappa shape index (κ2) is 7.13. The predicted octanol–water partition coefficient (Wildman–Crippen LogP) is 2.60. The molecule has 3 nitrogen and oxygen atoms in total. The van der Waals surface area contributed by atoms with Gasteiger partial charge in [0.05, 0.1) is 6.04 Å². The molecular formula is C15H28N2O. The number of carbonyl (C=O) groups excluding carboxylic acids is 1. The van der Waals surface area contributed by atoms with E-state index < -0.39 is 0 Å². The molecule has 1 saturated carbocycles. The number of rotatable bonds is 3. The molecule has 1 amide bonds. The van der Waals surface area contributed by atoms with Crippen LogP contribution in [-0.4, -0.2) is 24.5 Å². The molecule has 0 bridgehead atoms. The van der Waals surface area contributed by atoms with Crippen molar-refractivity contribution in [1.29, 1.82) is 0 Å². The van der Waals surface area contributed by atoms with Crippen LogP contribution in [0.4, 0.5) is 0 Å². The van der Waals surface area contributed by atoms with Gasteiger partial charge in [-0.05, 0) is 44.4 Å². The van der Waals surface area contributed by atoms with Gasteiger partial charge >= 0.3 is 0 Å². The summed E-state index contributed by atoms with van der Waals surface area (Å²) in [6, 6.07) is 0.631. The molecule has 1 heterocycles. The van der Waals surface area contributed by atoms with E-state index in [-0.39, 0.29) is 11.9 Å². The van der Waals surface area contributed by atoms with Gasteiger partial charge in [0.2, 0.25) is 5.91 Å². The quantitative estimate of drug-likeness (QED) is 0.758. The Labute approximate surface area is 111 Å². The Morgan fingerprint density at radius 2 is 2.00 bits per heavy atom. The molecule has 0 spiro atoms. The summed E-state index contributed by atoms with van der Waals surface area (Å²) in [5, 5.41) is 6.64. The second-order valence-electron chi connectivity index (χ2n) is 5.99. The number of hydrogen-bond acceptors (Lipinski definition) is 2. The molecule has 2 rings (SSSR count). The maximum atomic E-state index is 11.9. The first-order valence-electron chi connectivity index (χ1n) is 7.83. The van der Waals surface area contributed by atoms with E-state index in [4.69, 9.17) is 0 Å². The van der Waals surface area contributed by atoms with E-state index in [0.29, 0.717) is 6.04 Å². The van der Waals surface area contributed by atoms with Gasteiger partial charge < -0.3 is 10.6 Å². The number of amides is 1. The largest absolute Gasteiger partial charge is 0.355 e. The van der Waals surface area contributed by atoms with Crippen molar-refractivity contribution in [2.24, 2.45) is 5.92 Å². The van der Waals surface area contributed by atoms with Crippen LogP contribution < -0.4 is 10.6 Å². The molecule has 0 aromatic carbocycles. The zero-order valence-electron chi connectivity index (χ0n) is 11.7. The van der Waals surface area contributed by atoms with E-state index in [2.05, 4.69) is 17.6 Å². The third kappa shape index (κ3) is 3.98. The molecule has 2 fully saturated rings. The summed E-state index contributed by atoms with van der Waals surface area (Å²) >= 11 is 0. The lowest BCUT2D eigenvalue weighted by molar-refractivity contribution is -0.123. The van der Waals surface area contributed by atoms with Crippen LogP contribution in [0.15, 0.2) is 0 Å². The summed E-state index contributed by atoms with van der Waals surface area (Å²) in [6.07, 6.45) is 11.2. The van der Waals surface area contributed by atoms with Gasteiger partial charge in [-0.3, -0.25) is 4.79 Å². The standard InChI is InChI=1S/C15H28N2O/c1-2-12-6-5-7-13(10-9-12)17-14-8-3-4-11-16-15(14)18/h12-14,17H,2-11H2,1H3,(H,16,18). The number of hydrogen-bond donors (Lipinski definition) is 2. The van der Waals surface area contributed by atoms with E-state index in [0.717, 1.165) is 25.3 Å². The van der Waals surface area contributed by atoms with E-state index in [9.17, 15) is 4.79 Å². The highest BCUT2D eigenvalue weighted by Gasteiger charge is 2.25. The van der Waals surface area contributed by atoms with Crippen LogP contribution in [-0.2, 0) is 4.79 Å². The minimum absolute atomic E-state index is 0.0654. The summed E-state index contributed by atoms with van der Waals surface area (Å²) in [7, 11) is 0. The van der Waals surface area contributed by atoms with Gasteiger partial charge in [-0.2, -0.15) is 0 Å². The molecule has 1 aliphatic carbocycles. The van der Waals surface area contributed by atoms with Gasteiger partial charge in [-0.25, -0.2) is 0 Å². The molecule has 2 N–H and O–H groups in total. The van der Waals surface area contributed by atoms with Gasteiger partial charge in [-0.15, -0.1) is 0 Å². The fourth-order valence-corrected chi connectivity index (χ4v) is 3.34. The Morgan fingerprint density at radius 1 is 1.11 bits per heavy atom. The van der Waals surface area contributed by atoms with Crippen molar-refractivity contribution in [3.8, 4) is 0 Å². The number of carbonyl (C=O) groups is 1. The van der Waals surface area contributed by atoms with Crippen molar-refractivity contribution in [2.75, 3.05) is 6.54 Å². The average Bonchev–Trinajstić information content (AvgIpc) is 2.72. The van der Waals surface area contributed by atoms with Crippen molar-refractivity contribution in [2.45, 2.75) is 76.8 Å². The Bertz CT molecular complexity index is 267. The topological polar surface area (TPSA) is 41.1 Å². The summed E-state index contributed by atoms with van der Waals surface area (Å²) in [5.41, 5.74) is 0. The molecule has 0 aromatic heterocycles. The van der Waals surface area contributed by atoms with Gasteiger partial charge in [0, 0.05) is 12.6 Å². The lowest BCUT2D eigenvalue weighted by Crippen LogP contribution is -2.47. The molecule has 0 radical (unpaired) electrons. The summed E-state index contributed by atoms with van der Waals surface area (Å²) in [5.74, 6) is 1.14. The molecule has 2 aliphatic rings. The first-order valence-corrected chi connectivity index (χ1v) is 7.83. The van der Waals surface area contributed by atoms with Gasteiger partial charge in [0.15, 0.2) is 0 Å². The maximum Gasteiger partial charge on any atom is 0.237 e. The normalized spacial score (nSPS) is 34.5. The van der Waals surface area contributed by atoms with E-state index in [1.54, 1.807) is 0 Å². The molecule has 3 unspecified atom stereocenters. The highest BCUT2D eigenvalue weighted by atomic mass is 16.2. The SMILES string of the molecule is CCC1CCCC(NC2CCCCNC2=O)CC1. The Hall–Kier alpha value is -0.570. The second-order valence-corrected chi connectivity index (χ2v) is 5.99. The zero-order chi connectivity index (χ0) is 12.8. The summed E-state index contributed by atoms with van der Waals surface area (Å²) in [6.45, 7) is 3.16. The van der Waals surface area contributed by atoms with E-state index in [1.807, 2.05) is 0 Å². The van der Waals surface area contributed by atoms with Crippen molar-refractivity contribution in [1.82, 2.24) is 10.6 Å².